The van der Waals surface area contributed by atoms with Crippen molar-refractivity contribution in [2.75, 3.05) is 6.54 Å². The van der Waals surface area contributed by atoms with Crippen LogP contribution in [0, 0.1) is 0 Å². The molecule has 132 valence electrons. The van der Waals surface area contributed by atoms with Crippen molar-refractivity contribution >= 4 is 16.1 Å². The molecule has 2 aromatic carbocycles. The topological polar surface area (TPSA) is 92.5 Å². The van der Waals surface area contributed by atoms with Gasteiger partial charge in [0.05, 0.1) is 0 Å². The monoisotopic (exact) mass is 359 g/mol. The first-order valence-corrected chi connectivity index (χ1v) is 9.57. The summed E-state index contributed by atoms with van der Waals surface area (Å²) < 4.78 is 29.2. The van der Waals surface area contributed by atoms with E-state index in [1.165, 1.54) is 4.31 Å². The van der Waals surface area contributed by atoms with Crippen LogP contribution >= 0.6 is 0 Å². The number of hydrogen-bond donors (Lipinski definition) is 2. The molecule has 0 saturated carbocycles. The van der Waals surface area contributed by atoms with Gasteiger partial charge in [0.2, 0.25) is 5.91 Å². The molecule has 7 heteroatoms. The normalized spacial score (nSPS) is 16.2. The van der Waals surface area contributed by atoms with Crippen LogP contribution in [0.4, 0.5) is 0 Å². The standard InChI is InChI=1S/C18H21N3O3S/c19-18(22)17(12-14-6-2-1-3-7-14)20-25(23,24)21-11-10-15-8-4-5-9-16(15)13-21/h1-9,17,20H,10-13H2,(H2,19,22)/t17-/m1/s1. The Hall–Kier alpha value is -2.22. The molecule has 1 heterocycles. The Kier molecular flexibility index (Phi) is 5.17. The number of amides is 1. The van der Waals surface area contributed by atoms with Crippen molar-refractivity contribution in [3.63, 3.8) is 0 Å². The zero-order valence-electron chi connectivity index (χ0n) is 13.8. The molecule has 3 N–H and O–H groups in total. The molecular formula is C18H21N3O3S. The molecule has 0 aromatic heterocycles. The molecule has 0 unspecified atom stereocenters. The number of nitrogens with one attached hydrogen (secondary N) is 1. The zero-order chi connectivity index (χ0) is 17.9. The van der Waals surface area contributed by atoms with Gasteiger partial charge in [-0.25, -0.2) is 0 Å². The highest BCUT2D eigenvalue weighted by Crippen LogP contribution is 2.20. The van der Waals surface area contributed by atoms with Crippen molar-refractivity contribution in [1.29, 1.82) is 0 Å². The van der Waals surface area contributed by atoms with Crippen LogP contribution in [0.3, 0.4) is 0 Å². The molecule has 0 fully saturated rings. The summed E-state index contributed by atoms with van der Waals surface area (Å²) in [4.78, 5) is 11.7. The van der Waals surface area contributed by atoms with Crippen LogP contribution < -0.4 is 10.5 Å². The summed E-state index contributed by atoms with van der Waals surface area (Å²) >= 11 is 0. The Morgan fingerprint density at radius 3 is 2.40 bits per heavy atom. The molecule has 1 amide bonds. The van der Waals surface area contributed by atoms with Gasteiger partial charge in [0.15, 0.2) is 0 Å². The highest BCUT2D eigenvalue weighted by atomic mass is 32.2. The molecule has 1 aliphatic rings. The molecular weight excluding hydrogens is 338 g/mol. The number of benzene rings is 2. The Labute approximate surface area is 147 Å². The van der Waals surface area contributed by atoms with E-state index < -0.39 is 22.2 Å². The second kappa shape index (κ2) is 7.35. The van der Waals surface area contributed by atoms with E-state index in [2.05, 4.69) is 4.72 Å². The van der Waals surface area contributed by atoms with Gasteiger partial charge >= 0.3 is 0 Å². The third-order valence-electron chi connectivity index (χ3n) is 4.35. The number of nitrogens with two attached hydrogens (primary N) is 1. The van der Waals surface area contributed by atoms with Crippen LogP contribution in [0.5, 0.6) is 0 Å². The van der Waals surface area contributed by atoms with Crippen molar-refractivity contribution in [3.05, 3.63) is 71.3 Å². The zero-order valence-corrected chi connectivity index (χ0v) is 14.6. The van der Waals surface area contributed by atoms with E-state index in [0.717, 1.165) is 16.7 Å². The van der Waals surface area contributed by atoms with Gasteiger partial charge in [-0.3, -0.25) is 4.79 Å². The minimum absolute atomic E-state index is 0.222. The molecule has 2 aromatic rings. The van der Waals surface area contributed by atoms with Crippen LogP contribution in [0.15, 0.2) is 54.6 Å². The lowest BCUT2D eigenvalue weighted by Crippen LogP contribution is -2.52. The summed E-state index contributed by atoms with van der Waals surface area (Å²) in [5.41, 5.74) is 8.40. The van der Waals surface area contributed by atoms with Gasteiger partial charge in [-0.05, 0) is 29.5 Å². The molecule has 1 aliphatic heterocycles. The maximum absolute atomic E-state index is 12.7. The van der Waals surface area contributed by atoms with Crippen LogP contribution in [-0.2, 0) is 34.4 Å². The van der Waals surface area contributed by atoms with Crippen LogP contribution in [0.2, 0.25) is 0 Å². The Morgan fingerprint density at radius 2 is 1.72 bits per heavy atom. The minimum atomic E-state index is -3.81. The lowest BCUT2D eigenvalue weighted by atomic mass is 10.0. The number of carbonyl (C=O) groups is 1. The minimum Gasteiger partial charge on any atom is -0.368 e. The second-order valence-electron chi connectivity index (χ2n) is 6.12. The molecule has 6 nitrogen and oxygen atoms in total. The van der Waals surface area contributed by atoms with E-state index in [1.54, 1.807) is 0 Å². The highest BCUT2D eigenvalue weighted by Gasteiger charge is 2.30. The van der Waals surface area contributed by atoms with Crippen molar-refractivity contribution in [1.82, 2.24) is 9.03 Å². The molecule has 0 spiro atoms. The van der Waals surface area contributed by atoms with Crippen LogP contribution in [0.25, 0.3) is 0 Å². The van der Waals surface area contributed by atoms with Gasteiger partial charge in [-0.1, -0.05) is 54.6 Å². The van der Waals surface area contributed by atoms with Crippen LogP contribution in [0.1, 0.15) is 16.7 Å². The Bertz CT molecular complexity index is 853. The van der Waals surface area contributed by atoms with E-state index in [0.29, 0.717) is 19.5 Å². The van der Waals surface area contributed by atoms with E-state index in [-0.39, 0.29) is 6.42 Å². The first-order valence-electron chi connectivity index (χ1n) is 8.13. The maximum atomic E-state index is 12.7. The van der Waals surface area contributed by atoms with Gasteiger partial charge in [0.1, 0.15) is 6.04 Å². The summed E-state index contributed by atoms with van der Waals surface area (Å²) in [5.74, 6) is -0.690. The Balaban J connectivity index is 1.74. The van der Waals surface area contributed by atoms with E-state index in [1.807, 2.05) is 54.6 Å². The summed E-state index contributed by atoms with van der Waals surface area (Å²) in [5, 5.41) is 0. The van der Waals surface area contributed by atoms with Crippen molar-refractivity contribution in [2.24, 2.45) is 5.73 Å². The van der Waals surface area contributed by atoms with Crippen LogP contribution in [-0.4, -0.2) is 31.2 Å². The molecule has 3 rings (SSSR count). The summed E-state index contributed by atoms with van der Waals surface area (Å²) in [6.07, 6.45) is 0.872. The van der Waals surface area contributed by atoms with Crippen molar-refractivity contribution < 1.29 is 13.2 Å². The number of fused-ring (bicyclic) bond motifs is 1. The van der Waals surface area contributed by atoms with Gasteiger partial charge in [-0.15, -0.1) is 0 Å². The third kappa shape index (κ3) is 4.25. The first kappa shape index (κ1) is 17.6. The summed E-state index contributed by atoms with van der Waals surface area (Å²) in [6.45, 7) is 0.672. The fraction of sp³-hybridized carbons (Fsp3) is 0.278. The molecule has 0 bridgehead atoms. The second-order valence-corrected chi connectivity index (χ2v) is 7.82. The predicted octanol–water partition coefficient (Wildman–Crippen LogP) is 0.976. The average Bonchev–Trinajstić information content (AvgIpc) is 2.61. The number of primary amides is 1. The van der Waals surface area contributed by atoms with Gasteiger partial charge in [0.25, 0.3) is 10.2 Å². The number of carbonyl (C=O) groups excluding carboxylic acids is 1. The summed E-state index contributed by atoms with van der Waals surface area (Å²) in [6, 6.07) is 16.0. The van der Waals surface area contributed by atoms with Crippen molar-refractivity contribution in [2.45, 2.75) is 25.4 Å². The quantitative estimate of drug-likeness (QED) is 0.805. The summed E-state index contributed by atoms with van der Waals surface area (Å²) in [7, 11) is -3.81. The van der Waals surface area contributed by atoms with Gasteiger partial charge in [-0.2, -0.15) is 17.4 Å². The average molecular weight is 359 g/mol. The fourth-order valence-electron chi connectivity index (χ4n) is 2.98. The third-order valence-corrected chi connectivity index (χ3v) is 5.93. The first-order chi connectivity index (χ1) is 12.0. The van der Waals surface area contributed by atoms with Gasteiger partial charge < -0.3 is 5.73 Å². The molecule has 0 saturated heterocycles. The molecule has 0 radical (unpaired) electrons. The predicted molar refractivity (Wildman–Crippen MR) is 95.7 cm³/mol. The Morgan fingerprint density at radius 1 is 1.08 bits per heavy atom. The fourth-order valence-corrected chi connectivity index (χ4v) is 4.33. The highest BCUT2D eigenvalue weighted by molar-refractivity contribution is 7.87. The molecule has 1 atom stereocenters. The largest absolute Gasteiger partial charge is 0.368 e. The lowest BCUT2D eigenvalue weighted by Gasteiger charge is -2.29. The van der Waals surface area contributed by atoms with E-state index in [9.17, 15) is 13.2 Å². The molecule has 0 aliphatic carbocycles. The maximum Gasteiger partial charge on any atom is 0.280 e. The molecule has 25 heavy (non-hydrogen) atoms. The number of nitrogens with zero attached hydrogens (tertiary/aromatic N) is 1. The van der Waals surface area contributed by atoms with E-state index >= 15 is 0 Å². The SMILES string of the molecule is NC(=O)[C@@H](Cc1ccccc1)NS(=O)(=O)N1CCc2ccccc2C1. The van der Waals surface area contributed by atoms with Crippen molar-refractivity contribution in [3.8, 4) is 0 Å². The number of rotatable bonds is 6. The van der Waals surface area contributed by atoms with E-state index in [4.69, 9.17) is 5.73 Å². The smallest absolute Gasteiger partial charge is 0.280 e. The number of hydrogen-bond acceptors (Lipinski definition) is 3. The van der Waals surface area contributed by atoms with Gasteiger partial charge in [0, 0.05) is 13.1 Å². The lowest BCUT2D eigenvalue weighted by molar-refractivity contribution is -0.119.